The summed E-state index contributed by atoms with van der Waals surface area (Å²) in [6.45, 7) is -0.165. The summed E-state index contributed by atoms with van der Waals surface area (Å²) in [5, 5.41) is 5.60. The van der Waals surface area contributed by atoms with E-state index in [1.807, 2.05) is 0 Å². The molecular formula is C16H15ClN2O3. The van der Waals surface area contributed by atoms with E-state index < -0.39 is 0 Å². The molecule has 0 aliphatic rings. The molecule has 0 bridgehead atoms. The van der Waals surface area contributed by atoms with Crippen molar-refractivity contribution in [3.63, 3.8) is 0 Å². The lowest BCUT2D eigenvalue weighted by Crippen LogP contribution is -2.33. The molecule has 0 aliphatic heterocycles. The zero-order chi connectivity index (χ0) is 15.9. The number of halogens is 1. The van der Waals surface area contributed by atoms with E-state index in [0.717, 1.165) is 0 Å². The first-order valence-corrected chi connectivity index (χ1v) is 6.95. The summed E-state index contributed by atoms with van der Waals surface area (Å²) in [7, 11) is 1.48. The quantitative estimate of drug-likeness (QED) is 0.890. The SMILES string of the molecule is COc1ccccc1C(=O)NCC(=O)Nc1ccccc1Cl. The lowest BCUT2D eigenvalue weighted by Gasteiger charge is -2.10. The summed E-state index contributed by atoms with van der Waals surface area (Å²) in [5.41, 5.74) is 0.872. The molecule has 2 aromatic carbocycles. The topological polar surface area (TPSA) is 67.4 Å². The van der Waals surface area contributed by atoms with Gasteiger partial charge in [-0.05, 0) is 24.3 Å². The summed E-state index contributed by atoms with van der Waals surface area (Å²) < 4.78 is 5.11. The summed E-state index contributed by atoms with van der Waals surface area (Å²) in [6, 6.07) is 13.7. The van der Waals surface area contributed by atoms with Crippen molar-refractivity contribution in [2.45, 2.75) is 0 Å². The molecule has 0 fully saturated rings. The number of hydrogen-bond acceptors (Lipinski definition) is 3. The van der Waals surface area contributed by atoms with Crippen LogP contribution in [0.5, 0.6) is 5.75 Å². The number of carbonyl (C=O) groups excluding carboxylic acids is 2. The monoisotopic (exact) mass is 318 g/mol. The molecule has 5 nitrogen and oxygen atoms in total. The lowest BCUT2D eigenvalue weighted by atomic mass is 10.2. The lowest BCUT2D eigenvalue weighted by molar-refractivity contribution is -0.115. The van der Waals surface area contributed by atoms with Crippen LogP contribution in [-0.2, 0) is 4.79 Å². The number of nitrogens with one attached hydrogen (secondary N) is 2. The predicted molar refractivity (Wildman–Crippen MR) is 85.4 cm³/mol. The van der Waals surface area contributed by atoms with Gasteiger partial charge in [-0.15, -0.1) is 0 Å². The van der Waals surface area contributed by atoms with Gasteiger partial charge in [-0.25, -0.2) is 0 Å². The first-order valence-electron chi connectivity index (χ1n) is 6.57. The van der Waals surface area contributed by atoms with Crippen molar-refractivity contribution in [3.05, 3.63) is 59.1 Å². The molecule has 2 amide bonds. The molecule has 0 aromatic heterocycles. The number of rotatable bonds is 5. The maximum Gasteiger partial charge on any atom is 0.255 e. The predicted octanol–water partition coefficient (Wildman–Crippen LogP) is 2.72. The van der Waals surface area contributed by atoms with Gasteiger partial charge in [-0.3, -0.25) is 9.59 Å². The molecule has 0 unspecified atom stereocenters. The number of anilines is 1. The molecule has 2 rings (SSSR count). The third-order valence-corrected chi connectivity index (χ3v) is 3.24. The average Bonchev–Trinajstić information content (AvgIpc) is 2.54. The van der Waals surface area contributed by atoms with Crippen LogP contribution in [-0.4, -0.2) is 25.5 Å². The van der Waals surface area contributed by atoms with Gasteiger partial charge in [0.2, 0.25) is 5.91 Å². The van der Waals surface area contributed by atoms with Crippen LogP contribution in [0.3, 0.4) is 0 Å². The highest BCUT2D eigenvalue weighted by molar-refractivity contribution is 6.33. The summed E-state index contributed by atoms with van der Waals surface area (Å²) in [6.07, 6.45) is 0. The van der Waals surface area contributed by atoms with Crippen molar-refractivity contribution >= 4 is 29.1 Å². The minimum absolute atomic E-state index is 0.165. The minimum Gasteiger partial charge on any atom is -0.496 e. The molecule has 2 aromatic rings. The molecule has 0 spiro atoms. The van der Waals surface area contributed by atoms with Gasteiger partial charge in [-0.1, -0.05) is 35.9 Å². The molecule has 22 heavy (non-hydrogen) atoms. The molecule has 0 radical (unpaired) electrons. The van der Waals surface area contributed by atoms with E-state index in [0.29, 0.717) is 22.0 Å². The molecule has 0 heterocycles. The molecule has 0 saturated heterocycles. The van der Waals surface area contributed by atoms with Gasteiger partial charge >= 0.3 is 0 Å². The number of benzene rings is 2. The fourth-order valence-electron chi connectivity index (χ4n) is 1.84. The van der Waals surface area contributed by atoms with E-state index in [1.54, 1.807) is 48.5 Å². The van der Waals surface area contributed by atoms with Crippen LogP contribution < -0.4 is 15.4 Å². The number of hydrogen-bond donors (Lipinski definition) is 2. The second-order valence-corrected chi connectivity index (χ2v) is 4.82. The van der Waals surface area contributed by atoms with Crippen molar-refractivity contribution in [1.29, 1.82) is 0 Å². The van der Waals surface area contributed by atoms with E-state index >= 15 is 0 Å². The summed E-state index contributed by atoms with van der Waals surface area (Å²) in [5.74, 6) is -0.297. The number of amides is 2. The highest BCUT2D eigenvalue weighted by Crippen LogP contribution is 2.20. The Kier molecular flexibility index (Phi) is 5.38. The zero-order valence-corrected chi connectivity index (χ0v) is 12.7. The molecule has 0 aliphatic carbocycles. The van der Waals surface area contributed by atoms with Gasteiger partial charge in [0.1, 0.15) is 5.75 Å². The van der Waals surface area contributed by atoms with Crippen molar-refractivity contribution in [3.8, 4) is 5.75 Å². The Balaban J connectivity index is 1.94. The van der Waals surface area contributed by atoms with Crippen molar-refractivity contribution in [2.24, 2.45) is 0 Å². The van der Waals surface area contributed by atoms with Gasteiger partial charge in [-0.2, -0.15) is 0 Å². The van der Waals surface area contributed by atoms with Crippen LogP contribution in [0.25, 0.3) is 0 Å². The fourth-order valence-corrected chi connectivity index (χ4v) is 2.03. The Morgan fingerprint density at radius 2 is 1.77 bits per heavy atom. The maximum atomic E-state index is 12.1. The molecule has 0 saturated carbocycles. The van der Waals surface area contributed by atoms with Crippen molar-refractivity contribution in [2.75, 3.05) is 19.0 Å². The third kappa shape index (κ3) is 3.99. The Hall–Kier alpha value is -2.53. The van der Waals surface area contributed by atoms with Crippen LogP contribution in [0.15, 0.2) is 48.5 Å². The first-order chi connectivity index (χ1) is 10.6. The van der Waals surface area contributed by atoms with Crippen molar-refractivity contribution in [1.82, 2.24) is 5.32 Å². The smallest absolute Gasteiger partial charge is 0.255 e. The van der Waals surface area contributed by atoms with Crippen molar-refractivity contribution < 1.29 is 14.3 Å². The molecule has 6 heteroatoms. The van der Waals surface area contributed by atoms with Crippen LogP contribution in [0.1, 0.15) is 10.4 Å². The van der Waals surface area contributed by atoms with Crippen LogP contribution >= 0.6 is 11.6 Å². The van der Waals surface area contributed by atoms with Gasteiger partial charge in [0.25, 0.3) is 5.91 Å². The zero-order valence-electron chi connectivity index (χ0n) is 11.9. The summed E-state index contributed by atoms with van der Waals surface area (Å²) in [4.78, 5) is 23.9. The van der Waals surface area contributed by atoms with E-state index in [-0.39, 0.29) is 18.4 Å². The minimum atomic E-state index is -0.383. The number of carbonyl (C=O) groups is 2. The van der Waals surface area contributed by atoms with Crippen LogP contribution in [0.2, 0.25) is 5.02 Å². The highest BCUT2D eigenvalue weighted by atomic mass is 35.5. The average molecular weight is 319 g/mol. The summed E-state index contributed by atoms with van der Waals surface area (Å²) >= 11 is 5.95. The highest BCUT2D eigenvalue weighted by Gasteiger charge is 2.13. The van der Waals surface area contributed by atoms with Gasteiger partial charge in [0.15, 0.2) is 0 Å². The molecule has 114 valence electrons. The normalized spacial score (nSPS) is 9.91. The Morgan fingerprint density at radius 1 is 1.09 bits per heavy atom. The number of para-hydroxylation sites is 2. The number of ether oxygens (including phenoxy) is 1. The largest absolute Gasteiger partial charge is 0.496 e. The molecule has 2 N–H and O–H groups in total. The number of methoxy groups -OCH3 is 1. The van der Waals surface area contributed by atoms with Crippen LogP contribution in [0.4, 0.5) is 5.69 Å². The Bertz CT molecular complexity index is 689. The van der Waals surface area contributed by atoms with E-state index in [9.17, 15) is 9.59 Å². The van der Waals surface area contributed by atoms with E-state index in [2.05, 4.69) is 10.6 Å². The second-order valence-electron chi connectivity index (χ2n) is 4.41. The van der Waals surface area contributed by atoms with E-state index in [1.165, 1.54) is 7.11 Å². The Labute approximate surface area is 133 Å². The first kappa shape index (κ1) is 15.9. The van der Waals surface area contributed by atoms with Gasteiger partial charge < -0.3 is 15.4 Å². The second kappa shape index (κ2) is 7.47. The molecular weight excluding hydrogens is 304 g/mol. The molecule has 0 atom stereocenters. The fraction of sp³-hybridized carbons (Fsp3) is 0.125. The van der Waals surface area contributed by atoms with Gasteiger partial charge in [0, 0.05) is 0 Å². The third-order valence-electron chi connectivity index (χ3n) is 2.91. The van der Waals surface area contributed by atoms with E-state index in [4.69, 9.17) is 16.3 Å². The standard InChI is InChI=1S/C16H15ClN2O3/c1-22-14-9-5-2-6-11(14)16(21)18-10-15(20)19-13-8-4-3-7-12(13)17/h2-9H,10H2,1H3,(H,18,21)(H,19,20). The Morgan fingerprint density at radius 3 is 2.50 bits per heavy atom. The maximum absolute atomic E-state index is 12.1. The van der Waals surface area contributed by atoms with Crippen LogP contribution in [0, 0.1) is 0 Å². The van der Waals surface area contributed by atoms with Gasteiger partial charge in [0.05, 0.1) is 29.9 Å².